The van der Waals surface area contributed by atoms with Crippen molar-refractivity contribution in [2.24, 2.45) is 0 Å². The lowest BCUT2D eigenvalue weighted by molar-refractivity contribution is -0.123. The number of pyridine rings is 1. The third-order valence-electron chi connectivity index (χ3n) is 6.29. The molecular weight excluding hydrogens is 402 g/mol. The average Bonchev–Trinajstić information content (AvgIpc) is 2.79. The van der Waals surface area contributed by atoms with Crippen LogP contribution in [0.15, 0.2) is 42.5 Å². The van der Waals surface area contributed by atoms with Crippen molar-refractivity contribution in [3.05, 3.63) is 70.4 Å². The maximum Gasteiger partial charge on any atom is 0.339 e. The molecule has 0 spiro atoms. The van der Waals surface area contributed by atoms with E-state index in [4.69, 9.17) is 9.72 Å². The van der Waals surface area contributed by atoms with E-state index in [-0.39, 0.29) is 5.91 Å². The first-order chi connectivity index (χ1) is 15.4. The Kier molecular flexibility index (Phi) is 6.24. The van der Waals surface area contributed by atoms with E-state index < -0.39 is 12.1 Å². The summed E-state index contributed by atoms with van der Waals surface area (Å²) in [5, 5.41) is 3.65. The molecule has 166 valence electrons. The molecule has 1 amide bonds. The summed E-state index contributed by atoms with van der Waals surface area (Å²) >= 11 is 0. The van der Waals surface area contributed by atoms with Crippen LogP contribution in [-0.4, -0.2) is 41.0 Å². The number of aryl methyl sites for hydroxylation is 1. The monoisotopic (exact) mass is 431 g/mol. The third kappa shape index (κ3) is 4.23. The number of hydrogen-bond donors (Lipinski definition) is 1. The number of ether oxygens (including phenoxy) is 1. The van der Waals surface area contributed by atoms with Gasteiger partial charge in [0.1, 0.15) is 0 Å². The number of fused-ring (bicyclic) bond motifs is 2. The lowest BCUT2D eigenvalue weighted by Crippen LogP contribution is -2.34. The van der Waals surface area contributed by atoms with E-state index in [1.54, 1.807) is 6.92 Å². The summed E-state index contributed by atoms with van der Waals surface area (Å²) in [4.78, 5) is 33.2. The fraction of sp³-hybridized carbons (Fsp3) is 0.346. The zero-order valence-corrected chi connectivity index (χ0v) is 19.1. The molecule has 1 atom stereocenters. The SMILES string of the molecule is CCN1CCc2nc3ccccc3c(C(=O)OC(C)C(=O)Nc3cccc(C)c3C)c2C1. The normalized spacial score (nSPS) is 14.6. The molecule has 0 bridgehead atoms. The second-order valence-corrected chi connectivity index (χ2v) is 8.33. The van der Waals surface area contributed by atoms with Crippen molar-refractivity contribution in [2.75, 3.05) is 18.4 Å². The van der Waals surface area contributed by atoms with Crippen LogP contribution in [0.1, 0.15) is 46.6 Å². The second-order valence-electron chi connectivity index (χ2n) is 8.33. The van der Waals surface area contributed by atoms with Crippen molar-refractivity contribution in [2.45, 2.75) is 46.8 Å². The van der Waals surface area contributed by atoms with E-state index in [9.17, 15) is 9.59 Å². The molecule has 4 rings (SSSR count). The molecule has 1 aromatic heterocycles. The molecule has 1 N–H and O–H groups in total. The molecular formula is C26H29N3O3. The van der Waals surface area contributed by atoms with Crippen molar-refractivity contribution in [3.8, 4) is 0 Å². The van der Waals surface area contributed by atoms with Crippen LogP contribution >= 0.6 is 0 Å². The van der Waals surface area contributed by atoms with Crippen LogP contribution in [0.4, 0.5) is 5.69 Å². The van der Waals surface area contributed by atoms with Crippen LogP contribution < -0.4 is 5.32 Å². The van der Waals surface area contributed by atoms with Gasteiger partial charge in [0.2, 0.25) is 0 Å². The van der Waals surface area contributed by atoms with Gasteiger partial charge in [-0.1, -0.05) is 37.3 Å². The molecule has 0 radical (unpaired) electrons. The zero-order chi connectivity index (χ0) is 22.8. The van der Waals surface area contributed by atoms with Crippen molar-refractivity contribution in [3.63, 3.8) is 0 Å². The maximum absolute atomic E-state index is 13.4. The molecule has 6 nitrogen and oxygen atoms in total. The van der Waals surface area contributed by atoms with Crippen molar-refractivity contribution in [1.82, 2.24) is 9.88 Å². The highest BCUT2D eigenvalue weighted by Crippen LogP contribution is 2.29. The third-order valence-corrected chi connectivity index (χ3v) is 6.29. The Hall–Kier alpha value is -3.25. The van der Waals surface area contributed by atoms with Gasteiger partial charge in [0.05, 0.1) is 11.1 Å². The molecule has 6 heteroatoms. The van der Waals surface area contributed by atoms with Crippen molar-refractivity contribution < 1.29 is 14.3 Å². The van der Waals surface area contributed by atoms with E-state index in [2.05, 4.69) is 17.1 Å². The summed E-state index contributed by atoms with van der Waals surface area (Å²) in [6.07, 6.45) is -0.146. The van der Waals surface area contributed by atoms with E-state index in [0.717, 1.165) is 58.5 Å². The number of benzene rings is 2. The van der Waals surface area contributed by atoms with Gasteiger partial charge in [-0.2, -0.15) is 0 Å². The molecule has 1 aliphatic rings. The summed E-state index contributed by atoms with van der Waals surface area (Å²) in [7, 11) is 0. The smallest absolute Gasteiger partial charge is 0.339 e. The molecule has 2 heterocycles. The molecule has 2 aromatic carbocycles. The van der Waals surface area contributed by atoms with Gasteiger partial charge < -0.3 is 10.1 Å². The van der Waals surface area contributed by atoms with E-state index >= 15 is 0 Å². The van der Waals surface area contributed by atoms with Gasteiger partial charge >= 0.3 is 5.97 Å². The van der Waals surface area contributed by atoms with Crippen molar-refractivity contribution >= 4 is 28.5 Å². The first kappa shape index (κ1) is 22.0. The number of carbonyl (C=O) groups excluding carboxylic acids is 2. The van der Waals surface area contributed by atoms with Gasteiger partial charge in [0, 0.05) is 41.8 Å². The highest BCUT2D eigenvalue weighted by atomic mass is 16.5. The molecule has 1 aliphatic heterocycles. The molecule has 0 aliphatic carbocycles. The van der Waals surface area contributed by atoms with Gasteiger partial charge in [-0.05, 0) is 50.6 Å². The Balaban J connectivity index is 1.62. The lowest BCUT2D eigenvalue weighted by Gasteiger charge is -2.29. The van der Waals surface area contributed by atoms with E-state index in [1.165, 1.54) is 0 Å². The van der Waals surface area contributed by atoms with Crippen LogP contribution in [0.5, 0.6) is 0 Å². The fourth-order valence-electron chi connectivity index (χ4n) is 4.14. The summed E-state index contributed by atoms with van der Waals surface area (Å²) < 4.78 is 5.69. The number of carbonyl (C=O) groups is 2. The van der Waals surface area contributed by atoms with Gasteiger partial charge in [-0.25, -0.2) is 4.79 Å². The standard InChI is InChI=1S/C26H29N3O3/c1-5-29-14-13-23-20(15-29)24(19-10-6-7-11-22(19)27-23)26(31)32-18(4)25(30)28-21-12-8-9-16(2)17(21)3/h6-12,18H,5,13-15H2,1-4H3,(H,28,30). The summed E-state index contributed by atoms with van der Waals surface area (Å²) in [6, 6.07) is 13.3. The van der Waals surface area contributed by atoms with Crippen molar-refractivity contribution in [1.29, 1.82) is 0 Å². The van der Waals surface area contributed by atoms with Gasteiger partial charge in [0.25, 0.3) is 5.91 Å². The minimum absolute atomic E-state index is 0.352. The lowest BCUT2D eigenvalue weighted by atomic mass is 9.95. The Morgan fingerprint density at radius 1 is 1.16 bits per heavy atom. The number of amides is 1. The highest BCUT2D eigenvalue weighted by Gasteiger charge is 2.28. The molecule has 0 saturated carbocycles. The Bertz CT molecular complexity index is 1190. The summed E-state index contributed by atoms with van der Waals surface area (Å²) in [5.41, 5.74) is 5.95. The van der Waals surface area contributed by atoms with E-state index in [0.29, 0.717) is 12.1 Å². The number of aromatic nitrogens is 1. The molecule has 32 heavy (non-hydrogen) atoms. The largest absolute Gasteiger partial charge is 0.449 e. The molecule has 0 fully saturated rings. The Morgan fingerprint density at radius 3 is 2.72 bits per heavy atom. The predicted molar refractivity (Wildman–Crippen MR) is 126 cm³/mol. The first-order valence-corrected chi connectivity index (χ1v) is 11.1. The zero-order valence-electron chi connectivity index (χ0n) is 19.1. The number of hydrogen-bond acceptors (Lipinski definition) is 5. The highest BCUT2D eigenvalue weighted by molar-refractivity contribution is 6.06. The van der Waals surface area contributed by atoms with Crippen LogP contribution in [0, 0.1) is 13.8 Å². The minimum atomic E-state index is -0.934. The molecule has 3 aromatic rings. The minimum Gasteiger partial charge on any atom is -0.449 e. The van der Waals surface area contributed by atoms with Gasteiger partial charge in [0.15, 0.2) is 6.10 Å². The summed E-state index contributed by atoms with van der Waals surface area (Å²) in [6.45, 7) is 10.1. The van der Waals surface area contributed by atoms with E-state index in [1.807, 2.05) is 56.3 Å². The van der Waals surface area contributed by atoms with Crippen LogP contribution in [0.3, 0.4) is 0 Å². The number of likely N-dealkylation sites (N-methyl/N-ethyl adjacent to an activating group) is 1. The second kappa shape index (κ2) is 9.09. The quantitative estimate of drug-likeness (QED) is 0.606. The number of anilines is 1. The maximum atomic E-state index is 13.4. The number of esters is 1. The van der Waals surface area contributed by atoms with Crippen LogP contribution in [-0.2, 0) is 22.5 Å². The fourth-order valence-corrected chi connectivity index (χ4v) is 4.14. The predicted octanol–water partition coefficient (Wildman–Crippen LogP) is 4.41. The Labute approximate surface area is 188 Å². The van der Waals surface area contributed by atoms with Crippen LogP contribution in [0.25, 0.3) is 10.9 Å². The topological polar surface area (TPSA) is 71.5 Å². The van der Waals surface area contributed by atoms with Crippen LogP contribution in [0.2, 0.25) is 0 Å². The first-order valence-electron chi connectivity index (χ1n) is 11.1. The molecule has 1 unspecified atom stereocenters. The average molecular weight is 432 g/mol. The number of para-hydroxylation sites is 1. The van der Waals surface area contributed by atoms with Gasteiger partial charge in [-0.15, -0.1) is 0 Å². The Morgan fingerprint density at radius 2 is 1.94 bits per heavy atom. The molecule has 0 saturated heterocycles. The number of rotatable bonds is 5. The summed E-state index contributed by atoms with van der Waals surface area (Å²) in [5.74, 6) is -0.837. The number of nitrogens with one attached hydrogen (secondary N) is 1. The van der Waals surface area contributed by atoms with Gasteiger partial charge in [-0.3, -0.25) is 14.7 Å². The number of nitrogens with zero attached hydrogens (tertiary/aromatic N) is 2.